The molecule has 138 valence electrons. The number of carbonyl (C=O) groups is 1. The third-order valence-electron chi connectivity index (χ3n) is 3.85. The standard InChI is InChI=1S/C20H19ClN4O2/c1-27-17-8-2-14(3-9-17)10-12-22-19(26)18-11-13-23-20(25-18)24-16-6-4-15(21)5-7-16/h2-9,11,13H,10,12H2,1H3,(H,22,26)(H,23,24,25). The molecule has 1 amide bonds. The van der Waals surface area contributed by atoms with Crippen molar-refractivity contribution in [3.63, 3.8) is 0 Å². The summed E-state index contributed by atoms with van der Waals surface area (Å²) < 4.78 is 5.13. The number of hydrogen-bond acceptors (Lipinski definition) is 5. The maximum Gasteiger partial charge on any atom is 0.270 e. The van der Waals surface area contributed by atoms with Gasteiger partial charge in [-0.2, -0.15) is 0 Å². The molecule has 0 radical (unpaired) electrons. The van der Waals surface area contributed by atoms with Crippen LogP contribution in [0.25, 0.3) is 0 Å². The van der Waals surface area contributed by atoms with Crippen LogP contribution in [0.1, 0.15) is 16.1 Å². The van der Waals surface area contributed by atoms with E-state index in [9.17, 15) is 4.79 Å². The lowest BCUT2D eigenvalue weighted by Gasteiger charge is -2.08. The van der Waals surface area contributed by atoms with Crippen LogP contribution in [0.15, 0.2) is 60.8 Å². The highest BCUT2D eigenvalue weighted by Crippen LogP contribution is 2.16. The molecular weight excluding hydrogens is 364 g/mol. The van der Waals surface area contributed by atoms with E-state index >= 15 is 0 Å². The molecule has 27 heavy (non-hydrogen) atoms. The maximum absolute atomic E-state index is 12.3. The Morgan fingerprint density at radius 3 is 2.52 bits per heavy atom. The van der Waals surface area contributed by atoms with E-state index < -0.39 is 0 Å². The van der Waals surface area contributed by atoms with E-state index in [1.807, 2.05) is 36.4 Å². The van der Waals surface area contributed by atoms with Gasteiger partial charge in [0.1, 0.15) is 11.4 Å². The lowest BCUT2D eigenvalue weighted by molar-refractivity contribution is 0.0949. The topological polar surface area (TPSA) is 76.1 Å². The van der Waals surface area contributed by atoms with Crippen molar-refractivity contribution >= 4 is 29.1 Å². The van der Waals surface area contributed by atoms with Crippen LogP contribution < -0.4 is 15.4 Å². The maximum atomic E-state index is 12.3. The quantitative estimate of drug-likeness (QED) is 0.649. The Labute approximate surface area is 162 Å². The molecule has 2 N–H and O–H groups in total. The lowest BCUT2D eigenvalue weighted by Crippen LogP contribution is -2.26. The van der Waals surface area contributed by atoms with E-state index in [1.165, 1.54) is 0 Å². The molecule has 0 saturated carbocycles. The summed E-state index contributed by atoms with van der Waals surface area (Å²) in [5.74, 6) is 0.912. The van der Waals surface area contributed by atoms with Crippen LogP contribution >= 0.6 is 11.6 Å². The van der Waals surface area contributed by atoms with Crippen LogP contribution in [-0.4, -0.2) is 29.5 Å². The van der Waals surface area contributed by atoms with Crippen LogP contribution in [0.3, 0.4) is 0 Å². The average Bonchev–Trinajstić information content (AvgIpc) is 2.70. The van der Waals surface area contributed by atoms with Crippen LogP contribution in [0.5, 0.6) is 5.75 Å². The number of anilines is 2. The van der Waals surface area contributed by atoms with Gasteiger partial charge in [-0.15, -0.1) is 0 Å². The fourth-order valence-corrected chi connectivity index (χ4v) is 2.54. The van der Waals surface area contributed by atoms with Crippen LogP contribution in [0, 0.1) is 0 Å². The zero-order valence-electron chi connectivity index (χ0n) is 14.8. The van der Waals surface area contributed by atoms with Crippen LogP contribution in [-0.2, 0) is 6.42 Å². The zero-order valence-corrected chi connectivity index (χ0v) is 15.5. The summed E-state index contributed by atoms with van der Waals surface area (Å²) in [4.78, 5) is 20.7. The van der Waals surface area contributed by atoms with E-state index in [4.69, 9.17) is 16.3 Å². The molecule has 1 aromatic heterocycles. The summed E-state index contributed by atoms with van der Waals surface area (Å²) in [5, 5.41) is 6.56. The third kappa shape index (κ3) is 5.43. The van der Waals surface area contributed by atoms with Crippen molar-refractivity contribution in [1.29, 1.82) is 0 Å². The van der Waals surface area contributed by atoms with Crippen molar-refractivity contribution in [2.75, 3.05) is 19.0 Å². The van der Waals surface area contributed by atoms with Crippen molar-refractivity contribution < 1.29 is 9.53 Å². The number of nitrogens with zero attached hydrogens (tertiary/aromatic N) is 2. The van der Waals surface area contributed by atoms with E-state index in [2.05, 4.69) is 20.6 Å². The van der Waals surface area contributed by atoms with Gasteiger partial charge in [0.05, 0.1) is 7.11 Å². The first-order chi connectivity index (χ1) is 13.1. The summed E-state index contributed by atoms with van der Waals surface area (Å²) >= 11 is 5.87. The molecule has 0 unspecified atom stereocenters. The van der Waals surface area contributed by atoms with Gasteiger partial charge < -0.3 is 15.4 Å². The molecule has 3 rings (SSSR count). The molecule has 7 heteroatoms. The monoisotopic (exact) mass is 382 g/mol. The van der Waals surface area contributed by atoms with Gasteiger partial charge in [-0.3, -0.25) is 4.79 Å². The number of benzene rings is 2. The first-order valence-corrected chi connectivity index (χ1v) is 8.78. The molecule has 0 aliphatic carbocycles. The van der Waals surface area contributed by atoms with Crippen molar-refractivity contribution in [3.8, 4) is 5.75 Å². The fourth-order valence-electron chi connectivity index (χ4n) is 2.41. The van der Waals surface area contributed by atoms with Gasteiger partial charge in [-0.05, 0) is 54.4 Å². The number of aromatic nitrogens is 2. The number of methoxy groups -OCH3 is 1. The van der Waals surface area contributed by atoms with Gasteiger partial charge in [0.25, 0.3) is 5.91 Å². The minimum absolute atomic E-state index is 0.245. The highest BCUT2D eigenvalue weighted by Gasteiger charge is 2.08. The predicted octanol–water partition coefficient (Wildman–Crippen LogP) is 3.85. The Morgan fingerprint density at radius 2 is 1.81 bits per heavy atom. The van der Waals surface area contributed by atoms with E-state index in [-0.39, 0.29) is 5.91 Å². The average molecular weight is 383 g/mol. The number of nitrogens with one attached hydrogen (secondary N) is 2. The number of amides is 1. The normalized spacial score (nSPS) is 10.3. The van der Waals surface area contributed by atoms with Gasteiger partial charge >= 0.3 is 0 Å². The largest absolute Gasteiger partial charge is 0.497 e. The molecule has 0 aliphatic heterocycles. The zero-order chi connectivity index (χ0) is 19.1. The summed E-state index contributed by atoms with van der Waals surface area (Å²) in [5.41, 5.74) is 2.21. The van der Waals surface area contributed by atoms with Crippen molar-refractivity contribution in [2.45, 2.75) is 6.42 Å². The first kappa shape index (κ1) is 18.7. The second-order valence-electron chi connectivity index (χ2n) is 5.75. The van der Waals surface area contributed by atoms with Crippen molar-refractivity contribution in [3.05, 3.63) is 77.1 Å². The molecule has 6 nitrogen and oxygen atoms in total. The number of carbonyl (C=O) groups excluding carboxylic acids is 1. The molecule has 0 atom stereocenters. The third-order valence-corrected chi connectivity index (χ3v) is 4.10. The van der Waals surface area contributed by atoms with E-state index in [0.717, 1.165) is 23.4 Å². The summed E-state index contributed by atoms with van der Waals surface area (Å²) in [6.45, 7) is 0.509. The Balaban J connectivity index is 1.55. The number of rotatable bonds is 7. The molecule has 0 bridgehead atoms. The Morgan fingerprint density at radius 1 is 1.07 bits per heavy atom. The van der Waals surface area contributed by atoms with Crippen LogP contribution in [0.2, 0.25) is 5.02 Å². The molecule has 3 aromatic rings. The molecule has 0 aliphatic rings. The highest BCUT2D eigenvalue weighted by molar-refractivity contribution is 6.30. The molecule has 0 saturated heterocycles. The van der Waals surface area contributed by atoms with Gasteiger partial charge in [-0.1, -0.05) is 23.7 Å². The smallest absolute Gasteiger partial charge is 0.270 e. The van der Waals surface area contributed by atoms with Crippen molar-refractivity contribution in [2.24, 2.45) is 0 Å². The fraction of sp³-hybridized carbons (Fsp3) is 0.150. The molecular formula is C20H19ClN4O2. The SMILES string of the molecule is COc1ccc(CCNC(=O)c2ccnc(Nc3ccc(Cl)cc3)n2)cc1. The first-order valence-electron chi connectivity index (χ1n) is 8.41. The molecule has 0 fully saturated rings. The number of ether oxygens (including phenoxy) is 1. The van der Waals surface area contributed by atoms with Gasteiger partial charge in [-0.25, -0.2) is 9.97 Å². The minimum atomic E-state index is -0.245. The lowest BCUT2D eigenvalue weighted by atomic mass is 10.1. The Bertz CT molecular complexity index is 899. The highest BCUT2D eigenvalue weighted by atomic mass is 35.5. The van der Waals surface area contributed by atoms with E-state index in [0.29, 0.717) is 23.2 Å². The van der Waals surface area contributed by atoms with Gasteiger partial charge in [0.2, 0.25) is 5.95 Å². The second kappa shape index (κ2) is 9.00. The molecule has 1 heterocycles. The summed E-state index contributed by atoms with van der Waals surface area (Å²) in [6, 6.07) is 16.5. The second-order valence-corrected chi connectivity index (χ2v) is 6.19. The van der Waals surface area contributed by atoms with Gasteiger partial charge in [0.15, 0.2) is 0 Å². The predicted molar refractivity (Wildman–Crippen MR) is 106 cm³/mol. The Hall–Kier alpha value is -3.12. The van der Waals surface area contributed by atoms with Gasteiger partial charge in [0, 0.05) is 23.5 Å². The van der Waals surface area contributed by atoms with E-state index in [1.54, 1.807) is 31.5 Å². The molecule has 0 spiro atoms. The minimum Gasteiger partial charge on any atom is -0.497 e. The number of hydrogen-bond donors (Lipinski definition) is 2. The summed E-state index contributed by atoms with van der Waals surface area (Å²) in [6.07, 6.45) is 2.26. The summed E-state index contributed by atoms with van der Waals surface area (Å²) in [7, 11) is 1.63. The van der Waals surface area contributed by atoms with Crippen molar-refractivity contribution in [1.82, 2.24) is 15.3 Å². The number of halogens is 1. The Kier molecular flexibility index (Phi) is 6.22. The molecule has 2 aromatic carbocycles. The van der Waals surface area contributed by atoms with Crippen LogP contribution in [0.4, 0.5) is 11.6 Å².